The molecule has 144 valence electrons. The number of rotatable bonds is 3. The van der Waals surface area contributed by atoms with Gasteiger partial charge in [0.1, 0.15) is 11.5 Å². The van der Waals surface area contributed by atoms with Crippen LogP contribution in [0.25, 0.3) is 26.3 Å². The number of fused-ring (bicyclic) bond motifs is 2. The van der Waals surface area contributed by atoms with Crippen LogP contribution in [0.1, 0.15) is 43.7 Å². The highest BCUT2D eigenvalue weighted by Crippen LogP contribution is 2.35. The molecule has 0 unspecified atom stereocenters. The average molecular weight is 391 g/mol. The normalized spacial score (nSPS) is 20.1. The quantitative estimate of drug-likeness (QED) is 0.451. The molecule has 0 saturated heterocycles. The van der Waals surface area contributed by atoms with Crippen molar-refractivity contribution >= 4 is 32.9 Å². The molecule has 1 aliphatic rings. The molecule has 1 N–H and O–H groups in total. The Kier molecular flexibility index (Phi) is 4.35. The van der Waals surface area contributed by atoms with Crippen LogP contribution in [0.2, 0.25) is 0 Å². The number of aromatic nitrogens is 3. The molecule has 5 rings (SSSR count). The van der Waals surface area contributed by atoms with Crippen molar-refractivity contribution in [3.05, 3.63) is 47.7 Å². The second-order valence-corrected chi connectivity index (χ2v) is 9.40. The number of aryl methyl sites for hydroxylation is 2. The predicted molar refractivity (Wildman–Crippen MR) is 118 cm³/mol. The molecule has 0 atom stereocenters. The number of nitrogens with one attached hydrogen (secondary N) is 1. The van der Waals surface area contributed by atoms with E-state index in [1.165, 1.54) is 51.8 Å². The zero-order valence-electron chi connectivity index (χ0n) is 16.7. The molecular formula is C23H26N4S. The minimum absolute atomic E-state index is 0.531. The number of anilines is 1. The topological polar surface area (TPSA) is 42.2 Å². The summed E-state index contributed by atoms with van der Waals surface area (Å²) < 4.78 is 3.30. The molecule has 0 bridgehead atoms. The molecule has 3 aromatic heterocycles. The predicted octanol–water partition coefficient (Wildman–Crippen LogP) is 6.22. The van der Waals surface area contributed by atoms with Crippen molar-refractivity contribution in [2.75, 3.05) is 5.32 Å². The highest BCUT2D eigenvalue weighted by Gasteiger charge is 2.19. The first-order chi connectivity index (χ1) is 13.6. The molecule has 1 fully saturated rings. The van der Waals surface area contributed by atoms with E-state index in [0.717, 1.165) is 23.1 Å². The van der Waals surface area contributed by atoms with E-state index in [9.17, 15) is 0 Å². The summed E-state index contributed by atoms with van der Waals surface area (Å²) in [4.78, 5) is 5.79. The first-order valence-corrected chi connectivity index (χ1v) is 11.0. The Bertz CT molecular complexity index is 1110. The summed E-state index contributed by atoms with van der Waals surface area (Å²) in [6.45, 7) is 6.70. The molecule has 1 aliphatic carbocycles. The second-order valence-electron chi connectivity index (χ2n) is 8.32. The maximum Gasteiger partial charge on any atom is 0.154 e. The van der Waals surface area contributed by atoms with Crippen LogP contribution in [0.4, 0.5) is 5.82 Å². The summed E-state index contributed by atoms with van der Waals surface area (Å²) in [7, 11) is 0. The largest absolute Gasteiger partial charge is 0.366 e. The van der Waals surface area contributed by atoms with E-state index in [2.05, 4.69) is 61.4 Å². The van der Waals surface area contributed by atoms with Crippen LogP contribution in [0, 0.1) is 19.8 Å². The van der Waals surface area contributed by atoms with E-state index < -0.39 is 0 Å². The van der Waals surface area contributed by atoms with Gasteiger partial charge in [0.15, 0.2) is 5.65 Å². The van der Waals surface area contributed by atoms with Crippen molar-refractivity contribution in [3.8, 4) is 10.6 Å². The lowest BCUT2D eigenvalue weighted by Gasteiger charge is -2.27. The van der Waals surface area contributed by atoms with Gasteiger partial charge in [-0.3, -0.25) is 0 Å². The minimum atomic E-state index is 0.531. The van der Waals surface area contributed by atoms with Crippen molar-refractivity contribution in [3.63, 3.8) is 0 Å². The first kappa shape index (κ1) is 17.7. The summed E-state index contributed by atoms with van der Waals surface area (Å²) in [5, 5.41) is 9.82. The number of hydrogen-bond acceptors (Lipinski definition) is 4. The van der Waals surface area contributed by atoms with Crippen molar-refractivity contribution in [1.29, 1.82) is 0 Å². The summed E-state index contributed by atoms with van der Waals surface area (Å²) >= 11 is 1.81. The van der Waals surface area contributed by atoms with E-state index in [4.69, 9.17) is 5.10 Å². The Morgan fingerprint density at radius 3 is 2.64 bits per heavy atom. The van der Waals surface area contributed by atoms with Crippen LogP contribution in [-0.2, 0) is 0 Å². The Balaban J connectivity index is 1.50. The van der Waals surface area contributed by atoms with Crippen LogP contribution in [-0.4, -0.2) is 20.6 Å². The molecule has 0 aliphatic heterocycles. The molecule has 5 heteroatoms. The van der Waals surface area contributed by atoms with E-state index in [1.807, 2.05) is 22.0 Å². The highest BCUT2D eigenvalue weighted by atomic mass is 32.1. The van der Waals surface area contributed by atoms with Crippen LogP contribution in [0.15, 0.2) is 36.5 Å². The first-order valence-electron chi connectivity index (χ1n) is 10.2. The van der Waals surface area contributed by atoms with Crippen LogP contribution < -0.4 is 5.32 Å². The number of benzene rings is 1. The number of imidazole rings is 1. The second kappa shape index (κ2) is 6.89. The molecule has 4 aromatic rings. The van der Waals surface area contributed by atoms with Crippen LogP contribution >= 0.6 is 11.3 Å². The number of hydrogen-bond donors (Lipinski definition) is 1. The third-order valence-electron chi connectivity index (χ3n) is 6.12. The number of nitrogens with zero attached hydrogens (tertiary/aromatic N) is 3. The molecule has 0 radical (unpaired) electrons. The van der Waals surface area contributed by atoms with Gasteiger partial charge >= 0.3 is 0 Å². The van der Waals surface area contributed by atoms with Crippen molar-refractivity contribution in [1.82, 2.24) is 14.6 Å². The monoisotopic (exact) mass is 390 g/mol. The molecule has 28 heavy (non-hydrogen) atoms. The van der Waals surface area contributed by atoms with Gasteiger partial charge in [0.2, 0.25) is 0 Å². The van der Waals surface area contributed by atoms with E-state index >= 15 is 0 Å². The summed E-state index contributed by atoms with van der Waals surface area (Å²) in [5.41, 5.74) is 4.63. The maximum absolute atomic E-state index is 4.88. The smallest absolute Gasteiger partial charge is 0.154 e. The highest BCUT2D eigenvalue weighted by molar-refractivity contribution is 7.22. The Morgan fingerprint density at radius 1 is 1.04 bits per heavy atom. The molecular weight excluding hydrogens is 364 g/mol. The molecule has 1 aromatic carbocycles. The third-order valence-corrected chi connectivity index (χ3v) is 7.24. The Hall–Kier alpha value is -2.40. The minimum Gasteiger partial charge on any atom is -0.366 e. The van der Waals surface area contributed by atoms with Crippen molar-refractivity contribution in [2.45, 2.75) is 52.5 Å². The van der Waals surface area contributed by atoms with Crippen molar-refractivity contribution < 1.29 is 0 Å². The van der Waals surface area contributed by atoms with Gasteiger partial charge in [-0.25, -0.2) is 9.50 Å². The van der Waals surface area contributed by atoms with E-state index in [1.54, 1.807) is 0 Å². The van der Waals surface area contributed by atoms with Gasteiger partial charge in [-0.05, 0) is 86.2 Å². The van der Waals surface area contributed by atoms with Gasteiger partial charge < -0.3 is 5.32 Å². The lowest BCUT2D eigenvalue weighted by Crippen LogP contribution is -2.25. The fourth-order valence-corrected chi connectivity index (χ4v) is 5.30. The SMILES string of the molecule is Cc1cc2cc(-c3cnc4ccc(NC5CCC(C)CC5)nn34)sc2cc1C. The molecule has 3 heterocycles. The zero-order chi connectivity index (χ0) is 19.3. The van der Waals surface area contributed by atoms with Gasteiger partial charge in [-0.15, -0.1) is 16.4 Å². The van der Waals surface area contributed by atoms with Gasteiger partial charge in [-0.1, -0.05) is 13.0 Å². The van der Waals surface area contributed by atoms with Crippen molar-refractivity contribution in [2.24, 2.45) is 5.92 Å². The molecule has 0 amide bonds. The average Bonchev–Trinajstić information content (AvgIpc) is 3.27. The molecule has 1 saturated carbocycles. The standard InChI is InChI=1S/C23H26N4S/c1-14-4-6-18(7-5-14)25-22-8-9-23-24-13-19(27(23)26-22)21-12-17-10-15(2)16(3)11-20(17)28-21/h8-14,18H,4-7H2,1-3H3,(H,25,26). The van der Waals surface area contributed by atoms with Gasteiger partial charge in [0.05, 0.1) is 11.1 Å². The fourth-order valence-electron chi connectivity index (χ4n) is 4.16. The van der Waals surface area contributed by atoms with E-state index in [-0.39, 0.29) is 0 Å². The third kappa shape index (κ3) is 3.18. The van der Waals surface area contributed by atoms with Gasteiger partial charge in [0, 0.05) is 10.7 Å². The van der Waals surface area contributed by atoms with Gasteiger partial charge in [-0.2, -0.15) is 0 Å². The maximum atomic E-state index is 4.88. The fraction of sp³-hybridized carbons (Fsp3) is 0.391. The number of thiophene rings is 1. The van der Waals surface area contributed by atoms with Crippen LogP contribution in [0.5, 0.6) is 0 Å². The van der Waals surface area contributed by atoms with E-state index in [0.29, 0.717) is 6.04 Å². The van der Waals surface area contributed by atoms with Gasteiger partial charge in [0.25, 0.3) is 0 Å². The summed E-state index contributed by atoms with van der Waals surface area (Å²) in [5.74, 6) is 1.80. The molecule has 4 nitrogen and oxygen atoms in total. The Labute approximate surface area is 169 Å². The molecule has 0 spiro atoms. The lowest BCUT2D eigenvalue weighted by atomic mass is 9.87. The van der Waals surface area contributed by atoms with Crippen LogP contribution in [0.3, 0.4) is 0 Å². The zero-order valence-corrected chi connectivity index (χ0v) is 17.5. The summed E-state index contributed by atoms with van der Waals surface area (Å²) in [6, 6.07) is 11.5. The lowest BCUT2D eigenvalue weighted by molar-refractivity contribution is 0.360. The Morgan fingerprint density at radius 2 is 1.82 bits per heavy atom. The summed E-state index contributed by atoms with van der Waals surface area (Å²) in [6.07, 6.45) is 7.01.